The van der Waals surface area contributed by atoms with Crippen molar-refractivity contribution in [2.24, 2.45) is 0 Å². The highest BCUT2D eigenvalue weighted by Crippen LogP contribution is 2.29. The molecule has 3 rings (SSSR count). The number of halogens is 1. The van der Waals surface area contributed by atoms with Gasteiger partial charge in [0.15, 0.2) is 0 Å². The monoisotopic (exact) mass is 364 g/mol. The zero-order valence-electron chi connectivity index (χ0n) is 12.6. The Balaban J connectivity index is 1.83. The fourth-order valence-electron chi connectivity index (χ4n) is 2.44. The first-order valence-electron chi connectivity index (χ1n) is 7.03. The van der Waals surface area contributed by atoms with Crippen LogP contribution in [0.1, 0.15) is 15.9 Å². The molecule has 2 amide bonds. The molecule has 124 valence electrons. The Bertz CT molecular complexity index is 956. The molecule has 0 spiro atoms. The minimum absolute atomic E-state index is 0.0734. The van der Waals surface area contributed by atoms with E-state index in [0.717, 1.165) is 5.56 Å². The van der Waals surface area contributed by atoms with E-state index in [2.05, 4.69) is 5.32 Å². The molecular weight excluding hydrogens is 352 g/mol. The van der Waals surface area contributed by atoms with Crippen LogP contribution in [-0.4, -0.2) is 31.1 Å². The molecule has 0 aromatic heterocycles. The molecule has 0 bridgehead atoms. The molecular formula is C16H13ClN2O4S. The summed E-state index contributed by atoms with van der Waals surface area (Å²) in [5.41, 5.74) is 1.31. The number of anilines is 1. The summed E-state index contributed by atoms with van der Waals surface area (Å²) in [6.07, 6.45) is 0. The van der Waals surface area contributed by atoms with E-state index in [1.807, 2.05) is 0 Å². The number of sulfonamides is 1. The number of fused-ring (bicyclic) bond motifs is 1. The van der Waals surface area contributed by atoms with Crippen LogP contribution in [0.2, 0.25) is 5.02 Å². The molecule has 24 heavy (non-hydrogen) atoms. The summed E-state index contributed by atoms with van der Waals surface area (Å²) in [4.78, 5) is 24.4. The van der Waals surface area contributed by atoms with E-state index in [-0.39, 0.29) is 10.5 Å². The van der Waals surface area contributed by atoms with Crippen LogP contribution in [0, 0.1) is 6.92 Å². The van der Waals surface area contributed by atoms with E-state index in [4.69, 9.17) is 11.6 Å². The summed E-state index contributed by atoms with van der Waals surface area (Å²) in [6.45, 7) is 1.18. The first-order chi connectivity index (χ1) is 11.3. The summed E-state index contributed by atoms with van der Waals surface area (Å²) in [6, 6.07) is 10.8. The molecule has 0 atom stereocenters. The lowest BCUT2D eigenvalue weighted by molar-refractivity contribution is -0.116. The van der Waals surface area contributed by atoms with Crippen molar-refractivity contribution in [1.29, 1.82) is 0 Å². The van der Waals surface area contributed by atoms with E-state index in [1.165, 1.54) is 18.2 Å². The second kappa shape index (κ2) is 5.92. The molecule has 0 unspecified atom stereocenters. The first kappa shape index (κ1) is 16.5. The number of nitrogens with one attached hydrogen (secondary N) is 1. The van der Waals surface area contributed by atoms with E-state index in [9.17, 15) is 18.0 Å². The van der Waals surface area contributed by atoms with Gasteiger partial charge < -0.3 is 5.32 Å². The van der Waals surface area contributed by atoms with E-state index >= 15 is 0 Å². The van der Waals surface area contributed by atoms with Crippen molar-refractivity contribution in [3.8, 4) is 0 Å². The number of amides is 2. The highest BCUT2D eigenvalue weighted by Gasteiger charge is 2.41. The number of rotatable bonds is 3. The third-order valence-electron chi connectivity index (χ3n) is 3.67. The van der Waals surface area contributed by atoms with Gasteiger partial charge in [-0.3, -0.25) is 9.59 Å². The minimum Gasteiger partial charge on any atom is -0.324 e. The van der Waals surface area contributed by atoms with E-state index in [1.54, 1.807) is 31.2 Å². The van der Waals surface area contributed by atoms with Crippen LogP contribution in [0.15, 0.2) is 47.4 Å². The van der Waals surface area contributed by atoms with Crippen LogP contribution < -0.4 is 5.32 Å². The van der Waals surface area contributed by atoms with Crippen LogP contribution in [0.4, 0.5) is 5.69 Å². The van der Waals surface area contributed by atoms with Gasteiger partial charge in [-0.25, -0.2) is 12.7 Å². The maximum Gasteiger partial charge on any atom is 0.269 e. The Kier molecular flexibility index (Phi) is 4.06. The summed E-state index contributed by atoms with van der Waals surface area (Å²) in [5, 5.41) is 3.02. The Labute approximate surface area is 144 Å². The molecule has 2 aromatic carbocycles. The minimum atomic E-state index is -4.00. The molecule has 1 N–H and O–H groups in total. The van der Waals surface area contributed by atoms with Gasteiger partial charge in [0, 0.05) is 10.7 Å². The molecule has 1 aliphatic heterocycles. The molecule has 0 aliphatic carbocycles. The Morgan fingerprint density at radius 1 is 1.21 bits per heavy atom. The van der Waals surface area contributed by atoms with E-state index < -0.39 is 28.4 Å². The fourth-order valence-corrected chi connectivity index (χ4v) is 4.13. The number of carbonyl (C=O) groups excluding carboxylic acids is 2. The Morgan fingerprint density at radius 3 is 2.62 bits per heavy atom. The average Bonchev–Trinajstić information content (AvgIpc) is 2.72. The van der Waals surface area contributed by atoms with Gasteiger partial charge in [0.25, 0.3) is 15.9 Å². The normalized spacial score (nSPS) is 15.2. The smallest absolute Gasteiger partial charge is 0.269 e. The lowest BCUT2D eigenvalue weighted by atomic mass is 10.2. The third kappa shape index (κ3) is 2.76. The molecule has 1 heterocycles. The molecule has 2 aromatic rings. The highest BCUT2D eigenvalue weighted by molar-refractivity contribution is 7.90. The maximum absolute atomic E-state index is 12.4. The highest BCUT2D eigenvalue weighted by atomic mass is 35.5. The SMILES string of the molecule is Cc1ccc(Cl)cc1NC(=O)CN1C(=O)c2ccccc2S1(=O)=O. The van der Waals surface area contributed by atoms with Gasteiger partial charge >= 0.3 is 0 Å². The largest absolute Gasteiger partial charge is 0.324 e. The van der Waals surface area contributed by atoms with Crippen molar-refractivity contribution in [3.63, 3.8) is 0 Å². The number of hydrogen-bond acceptors (Lipinski definition) is 4. The van der Waals surface area contributed by atoms with E-state index in [0.29, 0.717) is 15.0 Å². The predicted molar refractivity (Wildman–Crippen MR) is 89.5 cm³/mol. The second-order valence-electron chi connectivity index (χ2n) is 5.32. The maximum atomic E-state index is 12.4. The standard InChI is InChI=1S/C16H13ClN2O4S/c1-10-6-7-11(17)8-13(10)18-15(20)9-19-16(21)12-4-2-3-5-14(12)24(19,22)23/h2-8H,9H2,1H3,(H,18,20). The zero-order valence-corrected chi connectivity index (χ0v) is 14.2. The average molecular weight is 365 g/mol. The lowest BCUT2D eigenvalue weighted by Crippen LogP contribution is -2.37. The van der Waals surface area contributed by atoms with Gasteiger partial charge in [-0.2, -0.15) is 0 Å². The predicted octanol–water partition coefficient (Wildman–Crippen LogP) is 2.43. The Hall–Kier alpha value is -2.38. The van der Waals surface area contributed by atoms with Crippen LogP contribution in [0.3, 0.4) is 0 Å². The van der Waals surface area contributed by atoms with Gasteiger partial charge in [0.1, 0.15) is 11.4 Å². The van der Waals surface area contributed by atoms with Crippen molar-refractivity contribution in [2.75, 3.05) is 11.9 Å². The first-order valence-corrected chi connectivity index (χ1v) is 8.84. The summed E-state index contributed by atoms with van der Waals surface area (Å²) in [7, 11) is -4.00. The van der Waals surface area contributed by atoms with Crippen molar-refractivity contribution < 1.29 is 18.0 Å². The van der Waals surface area contributed by atoms with Crippen LogP contribution in [0.25, 0.3) is 0 Å². The van der Waals surface area contributed by atoms with Crippen LogP contribution in [-0.2, 0) is 14.8 Å². The van der Waals surface area contributed by atoms with Crippen molar-refractivity contribution in [2.45, 2.75) is 11.8 Å². The molecule has 0 saturated heterocycles. The third-order valence-corrected chi connectivity index (χ3v) is 5.70. The number of hydrogen-bond donors (Lipinski definition) is 1. The fraction of sp³-hybridized carbons (Fsp3) is 0.125. The molecule has 1 aliphatic rings. The number of benzene rings is 2. The summed E-state index contributed by atoms with van der Waals surface area (Å²) >= 11 is 5.89. The topological polar surface area (TPSA) is 83.6 Å². The van der Waals surface area contributed by atoms with Crippen molar-refractivity contribution in [1.82, 2.24) is 4.31 Å². The molecule has 0 fully saturated rings. The van der Waals surface area contributed by atoms with Crippen LogP contribution >= 0.6 is 11.6 Å². The summed E-state index contributed by atoms with van der Waals surface area (Å²) < 4.78 is 25.4. The number of nitrogens with zero attached hydrogens (tertiary/aromatic N) is 1. The second-order valence-corrected chi connectivity index (χ2v) is 7.59. The molecule has 8 heteroatoms. The number of carbonyl (C=O) groups is 2. The summed E-state index contributed by atoms with van der Waals surface area (Å²) in [5.74, 6) is -1.33. The zero-order chi connectivity index (χ0) is 17.5. The molecule has 0 radical (unpaired) electrons. The van der Waals surface area contributed by atoms with Gasteiger partial charge in [-0.05, 0) is 36.8 Å². The lowest BCUT2D eigenvalue weighted by Gasteiger charge is -2.15. The van der Waals surface area contributed by atoms with Crippen molar-refractivity contribution >= 4 is 39.1 Å². The van der Waals surface area contributed by atoms with Crippen molar-refractivity contribution in [3.05, 3.63) is 58.6 Å². The van der Waals surface area contributed by atoms with Gasteiger partial charge in [-0.1, -0.05) is 29.8 Å². The van der Waals surface area contributed by atoms with Gasteiger partial charge in [0.05, 0.1) is 5.56 Å². The number of aryl methyl sites for hydroxylation is 1. The molecule has 0 saturated carbocycles. The van der Waals surface area contributed by atoms with Gasteiger partial charge in [0.2, 0.25) is 5.91 Å². The van der Waals surface area contributed by atoms with Gasteiger partial charge in [-0.15, -0.1) is 0 Å². The Morgan fingerprint density at radius 2 is 1.92 bits per heavy atom. The molecule has 6 nitrogen and oxygen atoms in total. The van der Waals surface area contributed by atoms with Crippen LogP contribution in [0.5, 0.6) is 0 Å². The quantitative estimate of drug-likeness (QED) is 0.906.